The Hall–Kier alpha value is -6.84. The van der Waals surface area contributed by atoms with Crippen molar-refractivity contribution in [3.8, 4) is 22.3 Å². The van der Waals surface area contributed by atoms with Crippen LogP contribution < -0.4 is 9.80 Å². The van der Waals surface area contributed by atoms with Crippen molar-refractivity contribution in [3.05, 3.63) is 204 Å². The Morgan fingerprint density at radius 3 is 1.79 bits per heavy atom. The molecular weight excluding hydrogens is 693 g/mol. The van der Waals surface area contributed by atoms with Gasteiger partial charge < -0.3 is 14.2 Å². The highest BCUT2D eigenvalue weighted by Gasteiger charge is 2.39. The third-order valence-corrected chi connectivity index (χ3v) is 12.6. The molecule has 9 aromatic rings. The zero-order valence-electron chi connectivity index (χ0n) is 32.6. The first kappa shape index (κ1) is 33.5. The molecule has 2 aliphatic rings. The van der Waals surface area contributed by atoms with E-state index in [9.17, 15) is 0 Å². The molecule has 0 radical (unpaired) electrons. The molecule has 274 valence electrons. The first-order chi connectivity index (χ1) is 27.8. The molecule has 0 fully saturated rings. The van der Waals surface area contributed by atoms with Crippen molar-refractivity contribution in [2.24, 2.45) is 0 Å². The zero-order chi connectivity index (χ0) is 38.5. The third kappa shape index (κ3) is 4.91. The maximum atomic E-state index is 6.74. The van der Waals surface area contributed by atoms with Crippen molar-refractivity contribution in [3.63, 3.8) is 0 Å². The molecular formula is C54H42N2O. The van der Waals surface area contributed by atoms with Crippen LogP contribution in [-0.4, -0.2) is 0 Å². The van der Waals surface area contributed by atoms with Crippen molar-refractivity contribution in [2.45, 2.75) is 38.5 Å². The molecule has 0 unspecified atom stereocenters. The average Bonchev–Trinajstić information content (AvgIpc) is 3.74. The second-order valence-corrected chi connectivity index (χ2v) is 16.6. The van der Waals surface area contributed by atoms with E-state index in [2.05, 4.69) is 219 Å². The molecule has 0 saturated heterocycles. The summed E-state index contributed by atoms with van der Waals surface area (Å²) in [4.78, 5) is 4.87. The van der Waals surface area contributed by atoms with Crippen LogP contribution >= 0.6 is 0 Å². The molecule has 0 spiro atoms. The Kier molecular flexibility index (Phi) is 7.25. The number of furan rings is 1. The molecule has 0 amide bonds. The molecule has 0 atom stereocenters. The van der Waals surface area contributed by atoms with E-state index < -0.39 is 0 Å². The van der Waals surface area contributed by atoms with Crippen LogP contribution in [0.4, 0.5) is 34.1 Å². The summed E-state index contributed by atoms with van der Waals surface area (Å²) in [6.45, 7) is 9.40. The maximum absolute atomic E-state index is 6.74. The molecule has 2 heterocycles. The van der Waals surface area contributed by atoms with Gasteiger partial charge in [-0.3, -0.25) is 0 Å². The Balaban J connectivity index is 1.10. The van der Waals surface area contributed by atoms with E-state index in [0.29, 0.717) is 0 Å². The highest BCUT2D eigenvalue weighted by molar-refractivity contribution is 6.12. The number of anilines is 6. The SMILES string of the molecule is CC1(C)c2ccccc2N(c2cc(-c3ccc(N(c4ccccc4)c4cccc5c4C(C)(C)c4ccccc4-5)cc3)c3oc4ccccc4c3c2)c2ccccc21. The lowest BCUT2D eigenvalue weighted by Gasteiger charge is -2.42. The minimum absolute atomic E-state index is 0.143. The van der Waals surface area contributed by atoms with Crippen LogP contribution in [0, 0.1) is 0 Å². The van der Waals surface area contributed by atoms with E-state index in [1.54, 1.807) is 0 Å². The number of fused-ring (bicyclic) bond motifs is 8. The van der Waals surface area contributed by atoms with Crippen LogP contribution in [0.2, 0.25) is 0 Å². The summed E-state index contributed by atoms with van der Waals surface area (Å²) in [7, 11) is 0. The minimum atomic E-state index is -0.163. The summed E-state index contributed by atoms with van der Waals surface area (Å²) in [5, 5.41) is 2.22. The highest BCUT2D eigenvalue weighted by atomic mass is 16.3. The van der Waals surface area contributed by atoms with Crippen molar-refractivity contribution in [1.29, 1.82) is 0 Å². The van der Waals surface area contributed by atoms with Gasteiger partial charge in [-0.1, -0.05) is 149 Å². The average molecular weight is 735 g/mol. The second-order valence-electron chi connectivity index (χ2n) is 16.6. The highest BCUT2D eigenvalue weighted by Crippen LogP contribution is 2.55. The lowest BCUT2D eigenvalue weighted by atomic mass is 9.73. The predicted octanol–water partition coefficient (Wildman–Crippen LogP) is 15.1. The summed E-state index contributed by atoms with van der Waals surface area (Å²) in [6.07, 6.45) is 0. The monoisotopic (exact) mass is 734 g/mol. The standard InChI is InChI=1S/C54H42N2O/c1-53(2)45-23-11-13-25-47(45)56(48-26-14-12-24-46(48)53)38-33-42(52-43(34-38)40-20-9-15-28-50(40)57-52)35-29-31-37(32-30-35)55(36-17-6-5-7-18-36)49-27-16-21-41-39-19-8-10-22-44(39)54(3,4)51(41)49/h5-34H,1-4H3. The predicted molar refractivity (Wildman–Crippen MR) is 238 cm³/mol. The van der Waals surface area contributed by atoms with Crippen LogP contribution in [0.15, 0.2) is 186 Å². The molecule has 11 rings (SSSR count). The van der Waals surface area contributed by atoms with E-state index in [1.807, 2.05) is 0 Å². The van der Waals surface area contributed by atoms with Crippen molar-refractivity contribution < 1.29 is 4.42 Å². The van der Waals surface area contributed by atoms with Gasteiger partial charge >= 0.3 is 0 Å². The number of hydrogen-bond donors (Lipinski definition) is 0. The topological polar surface area (TPSA) is 19.6 Å². The second kappa shape index (κ2) is 12.3. The normalized spacial score (nSPS) is 14.6. The molecule has 1 aliphatic carbocycles. The molecule has 3 nitrogen and oxygen atoms in total. The fourth-order valence-electron chi connectivity index (χ4n) is 9.90. The molecule has 1 aliphatic heterocycles. The van der Waals surface area contributed by atoms with E-state index in [1.165, 1.54) is 50.4 Å². The first-order valence-electron chi connectivity index (χ1n) is 19.9. The van der Waals surface area contributed by atoms with Gasteiger partial charge in [0.2, 0.25) is 0 Å². The first-order valence-corrected chi connectivity index (χ1v) is 19.9. The van der Waals surface area contributed by atoms with Crippen molar-refractivity contribution in [2.75, 3.05) is 9.80 Å². The molecule has 3 heteroatoms. The third-order valence-electron chi connectivity index (χ3n) is 12.6. The Morgan fingerprint density at radius 1 is 0.456 bits per heavy atom. The number of rotatable bonds is 5. The van der Waals surface area contributed by atoms with Gasteiger partial charge in [-0.15, -0.1) is 0 Å². The fraction of sp³-hybridized carbons (Fsp3) is 0.111. The van der Waals surface area contributed by atoms with Gasteiger partial charge in [0.05, 0.1) is 17.1 Å². The smallest absolute Gasteiger partial charge is 0.143 e. The van der Waals surface area contributed by atoms with Gasteiger partial charge in [-0.2, -0.15) is 0 Å². The molecule has 0 N–H and O–H groups in total. The van der Waals surface area contributed by atoms with Crippen LogP contribution in [0.1, 0.15) is 49.9 Å². The van der Waals surface area contributed by atoms with Gasteiger partial charge in [-0.25, -0.2) is 0 Å². The molecule has 0 bridgehead atoms. The largest absolute Gasteiger partial charge is 0.455 e. The minimum Gasteiger partial charge on any atom is -0.455 e. The van der Waals surface area contributed by atoms with Crippen LogP contribution in [-0.2, 0) is 10.8 Å². The summed E-state index contributed by atoms with van der Waals surface area (Å²) >= 11 is 0. The quantitative estimate of drug-likeness (QED) is 0.176. The van der Waals surface area contributed by atoms with Crippen LogP contribution in [0.3, 0.4) is 0 Å². The lowest BCUT2D eigenvalue weighted by molar-refractivity contribution is 0.632. The summed E-state index contributed by atoms with van der Waals surface area (Å²) in [6, 6.07) is 66.2. The van der Waals surface area contributed by atoms with Gasteiger partial charge in [0, 0.05) is 44.2 Å². The summed E-state index contributed by atoms with van der Waals surface area (Å²) in [5.41, 5.74) is 18.5. The molecule has 1 aromatic heterocycles. The number of hydrogen-bond acceptors (Lipinski definition) is 3. The molecule has 0 saturated carbocycles. The lowest BCUT2D eigenvalue weighted by Crippen LogP contribution is -2.30. The van der Waals surface area contributed by atoms with Crippen LogP contribution in [0.25, 0.3) is 44.2 Å². The number of para-hydroxylation sites is 4. The number of nitrogens with zero attached hydrogens (tertiary/aromatic N) is 2. The molecule has 8 aromatic carbocycles. The van der Waals surface area contributed by atoms with E-state index in [0.717, 1.165) is 50.1 Å². The van der Waals surface area contributed by atoms with Crippen molar-refractivity contribution >= 4 is 56.1 Å². The van der Waals surface area contributed by atoms with Gasteiger partial charge in [0.1, 0.15) is 11.2 Å². The fourth-order valence-corrected chi connectivity index (χ4v) is 9.90. The summed E-state index contributed by atoms with van der Waals surface area (Å²) < 4.78 is 6.74. The van der Waals surface area contributed by atoms with E-state index >= 15 is 0 Å². The Morgan fingerprint density at radius 2 is 1.05 bits per heavy atom. The van der Waals surface area contributed by atoms with Gasteiger partial charge in [-0.05, 0) is 99.6 Å². The maximum Gasteiger partial charge on any atom is 0.143 e. The van der Waals surface area contributed by atoms with Crippen LogP contribution in [0.5, 0.6) is 0 Å². The number of benzene rings is 8. The zero-order valence-corrected chi connectivity index (χ0v) is 32.6. The van der Waals surface area contributed by atoms with Gasteiger partial charge in [0.25, 0.3) is 0 Å². The van der Waals surface area contributed by atoms with E-state index in [4.69, 9.17) is 4.42 Å². The van der Waals surface area contributed by atoms with Crippen molar-refractivity contribution in [1.82, 2.24) is 0 Å². The van der Waals surface area contributed by atoms with E-state index in [-0.39, 0.29) is 10.8 Å². The Bertz CT molecular complexity index is 2980. The summed E-state index contributed by atoms with van der Waals surface area (Å²) in [5.74, 6) is 0. The van der Waals surface area contributed by atoms with Gasteiger partial charge in [0.15, 0.2) is 0 Å². The Labute approximate surface area is 334 Å². The molecule has 57 heavy (non-hydrogen) atoms.